The number of hydrogen-bond acceptors (Lipinski definition) is 5. The van der Waals surface area contributed by atoms with Crippen LogP contribution >= 0.6 is 0 Å². The number of carboxylic acids is 1. The third-order valence-corrected chi connectivity index (χ3v) is 5.31. The number of para-hydroxylation sites is 2. The number of rotatable bonds is 7. The van der Waals surface area contributed by atoms with Crippen LogP contribution in [0.2, 0.25) is 0 Å². The zero-order valence-electron chi connectivity index (χ0n) is 15.9. The predicted molar refractivity (Wildman–Crippen MR) is 101 cm³/mol. The second kappa shape index (κ2) is 9.05. The van der Waals surface area contributed by atoms with E-state index in [1.165, 1.54) is 0 Å². The van der Waals surface area contributed by atoms with Crippen LogP contribution in [0.5, 0.6) is 5.75 Å². The molecular formula is C20H26N2O6. The third-order valence-electron chi connectivity index (χ3n) is 5.31. The normalized spacial score (nSPS) is 20.8. The molecule has 2 amide bonds. The molecule has 0 saturated carbocycles. The Bertz CT molecular complexity index is 731. The van der Waals surface area contributed by atoms with Crippen LogP contribution in [0.25, 0.3) is 0 Å². The Morgan fingerprint density at radius 3 is 2.71 bits per heavy atom. The highest BCUT2D eigenvalue weighted by molar-refractivity contribution is 6.00. The number of aliphatic carboxylic acids is 1. The van der Waals surface area contributed by atoms with Gasteiger partial charge in [0.05, 0.1) is 11.6 Å². The SMILES string of the molecule is CC1Oc2ccccc2N(CCC(=O)NCC(C(=O)O)C2CCOCC2)C1=O. The average Bonchev–Trinajstić information content (AvgIpc) is 2.69. The van der Waals surface area contributed by atoms with Gasteiger partial charge in [0.1, 0.15) is 5.75 Å². The lowest BCUT2D eigenvalue weighted by molar-refractivity contribution is -0.145. The molecule has 3 rings (SSSR count). The first-order valence-electron chi connectivity index (χ1n) is 9.61. The summed E-state index contributed by atoms with van der Waals surface area (Å²) in [4.78, 5) is 37.9. The molecule has 2 aliphatic heterocycles. The van der Waals surface area contributed by atoms with Gasteiger partial charge in [0.25, 0.3) is 5.91 Å². The van der Waals surface area contributed by atoms with Crippen molar-refractivity contribution in [2.45, 2.75) is 32.3 Å². The molecule has 2 atom stereocenters. The molecule has 0 radical (unpaired) electrons. The number of carbonyl (C=O) groups excluding carboxylic acids is 2. The van der Waals surface area contributed by atoms with E-state index in [0.29, 0.717) is 37.5 Å². The molecule has 0 aromatic heterocycles. The first kappa shape index (κ1) is 20.1. The van der Waals surface area contributed by atoms with Crippen molar-refractivity contribution in [1.29, 1.82) is 0 Å². The summed E-state index contributed by atoms with van der Waals surface area (Å²) in [5.74, 6) is -1.39. The smallest absolute Gasteiger partial charge is 0.308 e. The number of fused-ring (bicyclic) bond motifs is 1. The molecule has 1 aromatic carbocycles. The lowest BCUT2D eigenvalue weighted by Gasteiger charge is -2.33. The summed E-state index contributed by atoms with van der Waals surface area (Å²) in [5.41, 5.74) is 0.643. The molecule has 28 heavy (non-hydrogen) atoms. The lowest BCUT2D eigenvalue weighted by atomic mass is 9.86. The number of amides is 2. The minimum Gasteiger partial charge on any atom is -0.481 e. The molecule has 1 aromatic rings. The molecule has 8 nitrogen and oxygen atoms in total. The Hall–Kier alpha value is -2.61. The standard InChI is InChI=1S/C20H26N2O6/c1-13-19(24)22(16-4-2-3-5-17(16)28-13)9-6-18(23)21-12-15(20(25)26)14-7-10-27-11-8-14/h2-5,13-15H,6-12H2,1H3,(H,21,23)(H,25,26). The van der Waals surface area contributed by atoms with Crippen LogP contribution in [-0.2, 0) is 19.1 Å². The van der Waals surface area contributed by atoms with E-state index in [2.05, 4.69) is 5.32 Å². The molecule has 0 bridgehead atoms. The van der Waals surface area contributed by atoms with E-state index in [1.54, 1.807) is 24.0 Å². The van der Waals surface area contributed by atoms with Gasteiger partial charge in [-0.25, -0.2) is 0 Å². The maximum absolute atomic E-state index is 12.4. The van der Waals surface area contributed by atoms with E-state index in [-0.39, 0.29) is 37.2 Å². The third kappa shape index (κ3) is 4.62. The zero-order chi connectivity index (χ0) is 20.1. The molecule has 0 spiro atoms. The monoisotopic (exact) mass is 390 g/mol. The summed E-state index contributed by atoms with van der Waals surface area (Å²) in [7, 11) is 0. The number of hydrogen-bond donors (Lipinski definition) is 2. The number of carboxylic acid groups (broad SMARTS) is 1. The second-order valence-corrected chi connectivity index (χ2v) is 7.17. The zero-order valence-corrected chi connectivity index (χ0v) is 15.9. The van der Waals surface area contributed by atoms with Gasteiger partial charge >= 0.3 is 5.97 Å². The quantitative estimate of drug-likeness (QED) is 0.730. The predicted octanol–water partition coefficient (Wildman–Crippen LogP) is 1.43. The number of nitrogens with one attached hydrogen (secondary N) is 1. The fourth-order valence-corrected chi connectivity index (χ4v) is 3.69. The van der Waals surface area contributed by atoms with Gasteiger partial charge < -0.3 is 24.8 Å². The van der Waals surface area contributed by atoms with Crippen molar-refractivity contribution in [3.63, 3.8) is 0 Å². The molecule has 152 valence electrons. The number of carbonyl (C=O) groups is 3. The molecule has 1 fully saturated rings. The van der Waals surface area contributed by atoms with Gasteiger partial charge in [-0.1, -0.05) is 12.1 Å². The van der Waals surface area contributed by atoms with Gasteiger partial charge in [-0.3, -0.25) is 14.4 Å². The van der Waals surface area contributed by atoms with Crippen LogP contribution in [0, 0.1) is 11.8 Å². The van der Waals surface area contributed by atoms with Gasteiger partial charge in [-0.2, -0.15) is 0 Å². The fraction of sp³-hybridized carbons (Fsp3) is 0.550. The van der Waals surface area contributed by atoms with Gasteiger partial charge in [0.2, 0.25) is 5.91 Å². The van der Waals surface area contributed by atoms with Gasteiger partial charge in [-0.15, -0.1) is 0 Å². The number of nitrogens with zero attached hydrogens (tertiary/aromatic N) is 1. The van der Waals surface area contributed by atoms with Crippen molar-refractivity contribution < 1.29 is 29.0 Å². The van der Waals surface area contributed by atoms with Crippen LogP contribution < -0.4 is 15.0 Å². The Morgan fingerprint density at radius 1 is 1.29 bits per heavy atom. The molecule has 2 N–H and O–H groups in total. The second-order valence-electron chi connectivity index (χ2n) is 7.17. The summed E-state index contributed by atoms with van der Waals surface area (Å²) < 4.78 is 10.9. The number of benzene rings is 1. The molecule has 2 aliphatic rings. The van der Waals surface area contributed by atoms with Gasteiger partial charge in [0.15, 0.2) is 6.10 Å². The van der Waals surface area contributed by atoms with Crippen molar-refractivity contribution in [2.75, 3.05) is 31.2 Å². The molecule has 2 unspecified atom stereocenters. The minimum absolute atomic E-state index is 0.0000903. The summed E-state index contributed by atoms with van der Waals surface area (Å²) in [6.45, 7) is 3.09. The van der Waals surface area contributed by atoms with Crippen LogP contribution in [0.4, 0.5) is 5.69 Å². The van der Waals surface area contributed by atoms with E-state index in [0.717, 1.165) is 0 Å². The van der Waals surface area contributed by atoms with Crippen LogP contribution in [-0.4, -0.2) is 55.3 Å². The van der Waals surface area contributed by atoms with Crippen LogP contribution in [0.1, 0.15) is 26.2 Å². The average molecular weight is 390 g/mol. The lowest BCUT2D eigenvalue weighted by Crippen LogP contribution is -2.46. The van der Waals surface area contributed by atoms with Crippen LogP contribution in [0.3, 0.4) is 0 Å². The molecule has 0 aliphatic carbocycles. The Balaban J connectivity index is 1.55. The van der Waals surface area contributed by atoms with Crippen molar-refractivity contribution in [2.24, 2.45) is 11.8 Å². The van der Waals surface area contributed by atoms with Crippen molar-refractivity contribution >= 4 is 23.5 Å². The van der Waals surface area contributed by atoms with E-state index < -0.39 is 18.0 Å². The molecular weight excluding hydrogens is 364 g/mol. The highest BCUT2D eigenvalue weighted by atomic mass is 16.5. The van der Waals surface area contributed by atoms with E-state index in [9.17, 15) is 19.5 Å². The Kier molecular flexibility index (Phi) is 6.51. The van der Waals surface area contributed by atoms with Crippen molar-refractivity contribution in [3.05, 3.63) is 24.3 Å². The molecule has 2 heterocycles. The Morgan fingerprint density at radius 2 is 2.00 bits per heavy atom. The fourth-order valence-electron chi connectivity index (χ4n) is 3.69. The highest BCUT2D eigenvalue weighted by Crippen LogP contribution is 2.33. The maximum Gasteiger partial charge on any atom is 0.308 e. The van der Waals surface area contributed by atoms with Gasteiger partial charge in [-0.05, 0) is 37.8 Å². The highest BCUT2D eigenvalue weighted by Gasteiger charge is 2.32. The van der Waals surface area contributed by atoms with Gasteiger partial charge in [0, 0.05) is 32.7 Å². The van der Waals surface area contributed by atoms with E-state index in [1.807, 2.05) is 12.1 Å². The summed E-state index contributed by atoms with van der Waals surface area (Å²) in [6, 6.07) is 7.21. The summed E-state index contributed by atoms with van der Waals surface area (Å²) in [5, 5.41) is 12.2. The maximum atomic E-state index is 12.4. The molecule has 1 saturated heterocycles. The minimum atomic E-state index is -0.904. The Labute approximate surface area is 163 Å². The van der Waals surface area contributed by atoms with E-state index >= 15 is 0 Å². The largest absolute Gasteiger partial charge is 0.481 e. The topological polar surface area (TPSA) is 105 Å². The first-order valence-corrected chi connectivity index (χ1v) is 9.61. The van der Waals surface area contributed by atoms with E-state index in [4.69, 9.17) is 9.47 Å². The first-order chi connectivity index (χ1) is 13.5. The number of anilines is 1. The van der Waals surface area contributed by atoms with Crippen LogP contribution in [0.15, 0.2) is 24.3 Å². The van der Waals surface area contributed by atoms with Crippen molar-refractivity contribution in [1.82, 2.24) is 5.32 Å². The summed E-state index contributed by atoms with van der Waals surface area (Å²) in [6.07, 6.45) is 0.850. The van der Waals surface area contributed by atoms with Crippen molar-refractivity contribution in [3.8, 4) is 5.75 Å². The molecule has 8 heteroatoms. The number of ether oxygens (including phenoxy) is 2. The summed E-state index contributed by atoms with van der Waals surface area (Å²) >= 11 is 0.